The lowest BCUT2D eigenvalue weighted by Gasteiger charge is -2.36. The molecular weight excluding hydrogens is 388 g/mol. The molecule has 0 aromatic rings. The quantitative estimate of drug-likeness (QED) is 0.680. The van der Waals surface area contributed by atoms with Crippen molar-refractivity contribution in [3.63, 3.8) is 0 Å². The summed E-state index contributed by atoms with van der Waals surface area (Å²) in [5.41, 5.74) is -1.25. The lowest BCUT2D eigenvalue weighted by atomic mass is 9.99. The van der Waals surface area contributed by atoms with Crippen LogP contribution in [0.25, 0.3) is 0 Å². The molecule has 2 fully saturated rings. The number of hydrogen-bond donors (Lipinski definition) is 1. The summed E-state index contributed by atoms with van der Waals surface area (Å²) in [5.74, 6) is -0.515. The van der Waals surface area contributed by atoms with E-state index in [4.69, 9.17) is 14.2 Å². The zero-order valence-electron chi connectivity index (χ0n) is 20.0. The van der Waals surface area contributed by atoms with Crippen LogP contribution in [0.3, 0.4) is 0 Å². The standard InChI is InChI=1S/C22H38N2O6/c1-12(29-20(2,3)4)15(23-19(27)30-21(5,6)7)17(25)24-11-13-14(22(13,8)9)16(24)18(26)28-10/h12-16H,11H2,1-10H3,(H,23,27)/t12-,13+,14+,15+,16+/m1/s1. The molecule has 1 heterocycles. The maximum absolute atomic E-state index is 13.5. The van der Waals surface area contributed by atoms with Crippen LogP contribution in [0.5, 0.6) is 0 Å². The average Bonchev–Trinajstić information content (AvgIpc) is 2.92. The highest BCUT2D eigenvalue weighted by molar-refractivity contribution is 5.91. The number of amides is 2. The number of nitrogens with zero attached hydrogens (tertiary/aromatic N) is 1. The topological polar surface area (TPSA) is 94.2 Å². The van der Waals surface area contributed by atoms with E-state index < -0.39 is 41.5 Å². The number of carbonyl (C=O) groups excluding carboxylic acids is 3. The Hall–Kier alpha value is -1.83. The fourth-order valence-corrected chi connectivity index (χ4v) is 4.52. The van der Waals surface area contributed by atoms with E-state index in [0.717, 1.165) is 0 Å². The molecule has 8 nitrogen and oxygen atoms in total. The van der Waals surface area contributed by atoms with Gasteiger partial charge in [-0.15, -0.1) is 0 Å². The minimum atomic E-state index is -0.994. The number of ether oxygens (including phenoxy) is 3. The molecule has 0 aromatic carbocycles. The van der Waals surface area contributed by atoms with E-state index in [1.807, 2.05) is 20.8 Å². The molecule has 1 N–H and O–H groups in total. The molecule has 1 saturated heterocycles. The van der Waals surface area contributed by atoms with Crippen molar-refractivity contribution in [3.8, 4) is 0 Å². The second-order valence-electron chi connectivity index (χ2n) is 11.0. The average molecular weight is 427 g/mol. The summed E-state index contributed by atoms with van der Waals surface area (Å²) in [4.78, 5) is 40.1. The van der Waals surface area contributed by atoms with Gasteiger partial charge in [0.1, 0.15) is 17.7 Å². The van der Waals surface area contributed by atoms with Gasteiger partial charge in [0.25, 0.3) is 0 Å². The van der Waals surface area contributed by atoms with Crippen LogP contribution in [0.1, 0.15) is 62.3 Å². The third-order valence-electron chi connectivity index (χ3n) is 5.88. The number of methoxy groups -OCH3 is 1. The molecule has 2 amide bonds. The molecule has 30 heavy (non-hydrogen) atoms. The predicted octanol–water partition coefficient (Wildman–Crippen LogP) is 2.74. The van der Waals surface area contributed by atoms with E-state index in [0.29, 0.717) is 6.54 Å². The highest BCUT2D eigenvalue weighted by atomic mass is 16.6. The zero-order valence-corrected chi connectivity index (χ0v) is 20.0. The number of nitrogens with one attached hydrogen (secondary N) is 1. The van der Waals surface area contributed by atoms with Gasteiger partial charge in [0.2, 0.25) is 5.91 Å². The first-order chi connectivity index (χ1) is 13.5. The van der Waals surface area contributed by atoms with E-state index in [1.54, 1.807) is 27.7 Å². The largest absolute Gasteiger partial charge is 0.467 e. The molecule has 8 heteroatoms. The summed E-state index contributed by atoms with van der Waals surface area (Å²) in [6.45, 7) is 17.3. The number of alkyl carbamates (subject to hydrolysis) is 1. The van der Waals surface area contributed by atoms with Crippen molar-refractivity contribution in [2.24, 2.45) is 17.3 Å². The Morgan fingerprint density at radius 1 is 1.07 bits per heavy atom. The third-order valence-corrected chi connectivity index (χ3v) is 5.88. The third kappa shape index (κ3) is 5.25. The van der Waals surface area contributed by atoms with Gasteiger partial charge in [-0.1, -0.05) is 13.8 Å². The summed E-state index contributed by atoms with van der Waals surface area (Å²) in [7, 11) is 1.33. The van der Waals surface area contributed by atoms with Gasteiger partial charge in [-0.25, -0.2) is 9.59 Å². The van der Waals surface area contributed by atoms with Gasteiger partial charge < -0.3 is 24.4 Å². The molecule has 5 atom stereocenters. The van der Waals surface area contributed by atoms with Crippen molar-refractivity contribution in [3.05, 3.63) is 0 Å². The van der Waals surface area contributed by atoms with E-state index in [9.17, 15) is 14.4 Å². The minimum Gasteiger partial charge on any atom is -0.467 e. The van der Waals surface area contributed by atoms with Gasteiger partial charge in [-0.2, -0.15) is 0 Å². The van der Waals surface area contributed by atoms with Crippen molar-refractivity contribution in [1.82, 2.24) is 10.2 Å². The lowest BCUT2D eigenvalue weighted by molar-refractivity contribution is -0.156. The zero-order chi connectivity index (χ0) is 23.2. The maximum Gasteiger partial charge on any atom is 0.408 e. The molecule has 1 saturated carbocycles. The SMILES string of the molecule is COC(=O)[C@@H]1[C@@H]2[C@H](CN1C(=O)[C@@H](NC(=O)OC(C)(C)C)[C@@H](C)OC(C)(C)C)C2(C)C. The van der Waals surface area contributed by atoms with E-state index in [1.165, 1.54) is 12.0 Å². The summed E-state index contributed by atoms with van der Waals surface area (Å²) in [5, 5.41) is 2.67. The Morgan fingerprint density at radius 2 is 1.63 bits per heavy atom. The van der Waals surface area contributed by atoms with Crippen molar-refractivity contribution >= 4 is 18.0 Å². The number of piperidine rings is 1. The molecule has 2 rings (SSSR count). The van der Waals surface area contributed by atoms with Gasteiger partial charge in [0.05, 0.1) is 18.8 Å². The van der Waals surface area contributed by atoms with Gasteiger partial charge in [0, 0.05) is 12.5 Å². The molecule has 1 aliphatic carbocycles. The van der Waals surface area contributed by atoms with Crippen LogP contribution >= 0.6 is 0 Å². The molecule has 2 aliphatic rings. The summed E-state index contributed by atoms with van der Waals surface area (Å²) >= 11 is 0. The maximum atomic E-state index is 13.5. The molecule has 172 valence electrons. The highest BCUT2D eigenvalue weighted by Crippen LogP contribution is 2.65. The van der Waals surface area contributed by atoms with Gasteiger partial charge in [0.15, 0.2) is 0 Å². The Labute approximate surface area is 180 Å². The number of fused-ring (bicyclic) bond motifs is 1. The molecule has 0 radical (unpaired) electrons. The van der Waals surface area contributed by atoms with Gasteiger partial charge in [-0.05, 0) is 59.8 Å². The first-order valence-corrected chi connectivity index (χ1v) is 10.5. The van der Waals surface area contributed by atoms with Crippen LogP contribution in [0, 0.1) is 17.3 Å². The summed E-state index contributed by atoms with van der Waals surface area (Å²) in [6.07, 6.45) is -1.34. The normalized spacial score (nSPS) is 27.0. The number of hydrogen-bond acceptors (Lipinski definition) is 6. The smallest absolute Gasteiger partial charge is 0.408 e. The molecule has 0 spiro atoms. The molecule has 0 aromatic heterocycles. The van der Waals surface area contributed by atoms with Crippen molar-refractivity contribution < 1.29 is 28.6 Å². The van der Waals surface area contributed by atoms with Crippen LogP contribution in [0.2, 0.25) is 0 Å². The van der Waals surface area contributed by atoms with Gasteiger partial charge >= 0.3 is 12.1 Å². The Balaban J connectivity index is 2.27. The molecular formula is C22H38N2O6. The molecule has 0 unspecified atom stereocenters. The number of carbonyl (C=O) groups is 3. The van der Waals surface area contributed by atoms with Crippen LogP contribution in [-0.2, 0) is 23.8 Å². The van der Waals surface area contributed by atoms with E-state index in [-0.39, 0.29) is 23.2 Å². The van der Waals surface area contributed by atoms with Gasteiger partial charge in [-0.3, -0.25) is 4.79 Å². The first-order valence-electron chi connectivity index (χ1n) is 10.5. The van der Waals surface area contributed by atoms with Crippen molar-refractivity contribution in [2.75, 3.05) is 13.7 Å². The van der Waals surface area contributed by atoms with Crippen molar-refractivity contribution in [1.29, 1.82) is 0 Å². The van der Waals surface area contributed by atoms with Crippen LogP contribution < -0.4 is 5.32 Å². The lowest BCUT2D eigenvalue weighted by Crippen LogP contribution is -2.59. The number of likely N-dealkylation sites (tertiary alicyclic amines) is 1. The monoisotopic (exact) mass is 426 g/mol. The first kappa shape index (κ1) is 24.4. The van der Waals surface area contributed by atoms with Crippen molar-refractivity contribution in [2.45, 2.75) is 91.7 Å². The summed E-state index contributed by atoms with van der Waals surface area (Å²) in [6, 6.07) is -1.65. The molecule has 0 bridgehead atoms. The Kier molecular flexibility index (Phi) is 6.53. The summed E-state index contributed by atoms with van der Waals surface area (Å²) < 4.78 is 16.3. The predicted molar refractivity (Wildman–Crippen MR) is 112 cm³/mol. The number of rotatable bonds is 5. The van der Waals surface area contributed by atoms with Crippen LogP contribution in [0.4, 0.5) is 4.79 Å². The van der Waals surface area contributed by atoms with Crippen LogP contribution in [0.15, 0.2) is 0 Å². The highest BCUT2D eigenvalue weighted by Gasteiger charge is 2.70. The minimum absolute atomic E-state index is 0.0166. The second kappa shape index (κ2) is 8.02. The van der Waals surface area contributed by atoms with Crippen LogP contribution in [-0.4, -0.2) is 65.9 Å². The Morgan fingerprint density at radius 3 is 2.10 bits per heavy atom. The number of esters is 1. The second-order valence-corrected chi connectivity index (χ2v) is 11.0. The molecule has 1 aliphatic heterocycles. The fraction of sp³-hybridized carbons (Fsp3) is 0.864. The van der Waals surface area contributed by atoms with E-state index >= 15 is 0 Å². The fourth-order valence-electron chi connectivity index (χ4n) is 4.52. The van der Waals surface area contributed by atoms with E-state index in [2.05, 4.69) is 19.2 Å². The Bertz CT molecular complexity index is 691.